The van der Waals surface area contributed by atoms with Gasteiger partial charge in [0.2, 0.25) is 11.7 Å². The number of carbonyl (C=O) groups is 1. The van der Waals surface area contributed by atoms with E-state index in [0.717, 1.165) is 55.2 Å². The Bertz CT molecular complexity index is 929. The number of rotatable bonds is 5. The van der Waals surface area contributed by atoms with Crippen LogP contribution in [0.4, 0.5) is 0 Å². The molecule has 4 rings (SSSR count). The van der Waals surface area contributed by atoms with Crippen LogP contribution in [0.2, 0.25) is 0 Å². The molecule has 1 aliphatic rings. The van der Waals surface area contributed by atoms with E-state index in [0.29, 0.717) is 5.82 Å². The Morgan fingerprint density at radius 1 is 1.30 bits per heavy atom. The van der Waals surface area contributed by atoms with E-state index >= 15 is 0 Å². The summed E-state index contributed by atoms with van der Waals surface area (Å²) in [6, 6.07) is 11.9. The lowest BCUT2D eigenvalue weighted by Gasteiger charge is -2.30. The summed E-state index contributed by atoms with van der Waals surface area (Å²) in [5.41, 5.74) is 2.89. The molecule has 3 heterocycles. The Balaban J connectivity index is 1.46. The number of Topliss-reactive ketones (excluding diaryl/α,β-unsaturated/α-hetero) is 1. The molecule has 0 aliphatic carbocycles. The van der Waals surface area contributed by atoms with E-state index in [9.17, 15) is 4.79 Å². The van der Waals surface area contributed by atoms with Crippen LogP contribution in [-0.2, 0) is 13.6 Å². The predicted molar refractivity (Wildman–Crippen MR) is 102 cm³/mol. The highest BCUT2D eigenvalue weighted by atomic mass is 16.5. The first kappa shape index (κ1) is 17.7. The zero-order valence-corrected chi connectivity index (χ0v) is 15.8. The molecular weight excluding hydrogens is 340 g/mol. The minimum atomic E-state index is 0.104. The first-order chi connectivity index (χ1) is 13.1. The number of likely N-dealkylation sites (tertiary alicyclic amines) is 1. The molecule has 0 saturated carbocycles. The third-order valence-corrected chi connectivity index (χ3v) is 5.23. The van der Waals surface area contributed by atoms with Gasteiger partial charge in [0.05, 0.1) is 5.92 Å². The summed E-state index contributed by atoms with van der Waals surface area (Å²) in [5, 5.41) is 4.16. The van der Waals surface area contributed by atoms with Gasteiger partial charge in [0, 0.05) is 43.2 Å². The molecule has 1 atom stereocenters. The van der Waals surface area contributed by atoms with Crippen LogP contribution in [-0.4, -0.2) is 38.5 Å². The Kier molecular flexibility index (Phi) is 4.90. The summed E-state index contributed by atoms with van der Waals surface area (Å²) in [5.74, 6) is 1.72. The molecule has 6 nitrogen and oxygen atoms in total. The van der Waals surface area contributed by atoms with E-state index in [1.165, 1.54) is 0 Å². The summed E-state index contributed by atoms with van der Waals surface area (Å²) < 4.78 is 7.62. The van der Waals surface area contributed by atoms with Gasteiger partial charge in [-0.2, -0.15) is 4.98 Å². The Morgan fingerprint density at radius 3 is 2.85 bits per heavy atom. The molecule has 1 fully saturated rings. The molecule has 0 amide bonds. The van der Waals surface area contributed by atoms with Crippen LogP contribution in [0, 0.1) is 0 Å². The third-order valence-electron chi connectivity index (χ3n) is 5.23. The number of hydrogen-bond donors (Lipinski definition) is 0. The van der Waals surface area contributed by atoms with Gasteiger partial charge in [0.1, 0.15) is 0 Å². The van der Waals surface area contributed by atoms with Gasteiger partial charge in [0.25, 0.3) is 0 Å². The molecule has 6 heteroatoms. The van der Waals surface area contributed by atoms with Gasteiger partial charge in [-0.25, -0.2) is 0 Å². The molecular formula is C21H24N4O2. The highest BCUT2D eigenvalue weighted by Gasteiger charge is 2.26. The van der Waals surface area contributed by atoms with Crippen molar-refractivity contribution >= 4 is 5.78 Å². The quantitative estimate of drug-likeness (QED) is 0.647. The molecule has 0 spiro atoms. The highest BCUT2D eigenvalue weighted by molar-refractivity contribution is 5.94. The van der Waals surface area contributed by atoms with Crippen molar-refractivity contribution < 1.29 is 9.32 Å². The smallest absolute Gasteiger partial charge is 0.231 e. The SMILES string of the molecule is CC(=O)c1cc(CN2CCC[C@H](c3nc(-c4ccccc4)no3)C2)n(C)c1. The monoisotopic (exact) mass is 364 g/mol. The maximum atomic E-state index is 11.6. The van der Waals surface area contributed by atoms with Gasteiger partial charge in [-0.05, 0) is 32.4 Å². The molecule has 3 aromatic rings. The van der Waals surface area contributed by atoms with Crippen molar-refractivity contribution in [2.45, 2.75) is 32.2 Å². The van der Waals surface area contributed by atoms with Crippen LogP contribution < -0.4 is 0 Å². The van der Waals surface area contributed by atoms with Gasteiger partial charge < -0.3 is 9.09 Å². The topological polar surface area (TPSA) is 64.2 Å². The number of aryl methyl sites for hydroxylation is 1. The largest absolute Gasteiger partial charge is 0.353 e. The number of benzene rings is 1. The van der Waals surface area contributed by atoms with E-state index < -0.39 is 0 Å². The fourth-order valence-electron chi connectivity index (χ4n) is 3.70. The number of carbonyl (C=O) groups excluding carboxylic acids is 1. The molecule has 140 valence electrons. The fourth-order valence-corrected chi connectivity index (χ4v) is 3.70. The van der Waals surface area contributed by atoms with Crippen molar-refractivity contribution in [3.05, 3.63) is 59.7 Å². The molecule has 0 bridgehead atoms. The number of nitrogens with zero attached hydrogens (tertiary/aromatic N) is 4. The van der Waals surface area contributed by atoms with Gasteiger partial charge in [-0.3, -0.25) is 9.69 Å². The average molecular weight is 364 g/mol. The molecule has 1 saturated heterocycles. The van der Waals surface area contributed by atoms with E-state index in [1.807, 2.05) is 54.2 Å². The fraction of sp³-hybridized carbons (Fsp3) is 0.381. The number of aromatic nitrogens is 3. The van der Waals surface area contributed by atoms with Crippen molar-refractivity contribution in [1.82, 2.24) is 19.6 Å². The normalized spacial score (nSPS) is 17.9. The molecule has 0 radical (unpaired) electrons. The van der Waals surface area contributed by atoms with E-state index in [2.05, 4.69) is 15.0 Å². The lowest BCUT2D eigenvalue weighted by Crippen LogP contribution is -2.34. The standard InChI is InChI=1S/C21H24N4O2/c1-15(26)18-11-19(24(2)12-18)14-25-10-6-9-17(13-25)21-22-20(23-27-21)16-7-4-3-5-8-16/h3-5,7-8,11-12,17H,6,9-10,13-14H2,1-2H3/t17-/m0/s1. The van der Waals surface area contributed by atoms with E-state index in [4.69, 9.17) is 4.52 Å². The third kappa shape index (κ3) is 3.85. The van der Waals surface area contributed by atoms with Crippen LogP contribution >= 0.6 is 0 Å². The van der Waals surface area contributed by atoms with E-state index in [1.54, 1.807) is 6.92 Å². The predicted octanol–water partition coefficient (Wildman–Crippen LogP) is 3.66. The highest BCUT2D eigenvalue weighted by Crippen LogP contribution is 2.28. The zero-order valence-electron chi connectivity index (χ0n) is 15.8. The molecule has 0 unspecified atom stereocenters. The molecule has 2 aromatic heterocycles. The van der Waals surface area contributed by atoms with Crippen LogP contribution in [0.1, 0.15) is 47.6 Å². The minimum absolute atomic E-state index is 0.104. The van der Waals surface area contributed by atoms with Crippen LogP contribution in [0.15, 0.2) is 47.1 Å². The summed E-state index contributed by atoms with van der Waals surface area (Å²) in [6.07, 6.45) is 4.06. The summed E-state index contributed by atoms with van der Waals surface area (Å²) in [4.78, 5) is 18.6. The van der Waals surface area contributed by atoms with Crippen molar-refractivity contribution in [3.63, 3.8) is 0 Å². The molecule has 1 aromatic carbocycles. The van der Waals surface area contributed by atoms with Gasteiger partial charge in [0.15, 0.2) is 5.78 Å². The minimum Gasteiger partial charge on any atom is -0.353 e. The Hall–Kier alpha value is -2.73. The van der Waals surface area contributed by atoms with Gasteiger partial charge >= 0.3 is 0 Å². The summed E-state index contributed by atoms with van der Waals surface area (Å²) in [6.45, 7) is 4.35. The molecule has 1 aliphatic heterocycles. The van der Waals surface area contributed by atoms with Gasteiger partial charge in [-0.15, -0.1) is 0 Å². The summed E-state index contributed by atoms with van der Waals surface area (Å²) in [7, 11) is 1.99. The number of piperidine rings is 1. The van der Waals surface area contributed by atoms with Crippen molar-refractivity contribution in [2.24, 2.45) is 7.05 Å². The first-order valence-electron chi connectivity index (χ1n) is 9.37. The van der Waals surface area contributed by atoms with Crippen LogP contribution in [0.25, 0.3) is 11.4 Å². The van der Waals surface area contributed by atoms with Crippen LogP contribution in [0.3, 0.4) is 0 Å². The van der Waals surface area contributed by atoms with E-state index in [-0.39, 0.29) is 11.7 Å². The number of ketones is 1. The molecule has 27 heavy (non-hydrogen) atoms. The van der Waals surface area contributed by atoms with Crippen molar-refractivity contribution in [2.75, 3.05) is 13.1 Å². The zero-order chi connectivity index (χ0) is 18.8. The Morgan fingerprint density at radius 2 is 2.11 bits per heavy atom. The lowest BCUT2D eigenvalue weighted by molar-refractivity contribution is 0.101. The van der Waals surface area contributed by atoms with Gasteiger partial charge in [-0.1, -0.05) is 35.5 Å². The van der Waals surface area contributed by atoms with Crippen molar-refractivity contribution in [1.29, 1.82) is 0 Å². The second-order valence-corrected chi connectivity index (χ2v) is 7.28. The second kappa shape index (κ2) is 7.48. The van der Waals surface area contributed by atoms with Crippen molar-refractivity contribution in [3.8, 4) is 11.4 Å². The lowest BCUT2D eigenvalue weighted by atomic mass is 9.98. The number of hydrogen-bond acceptors (Lipinski definition) is 5. The summed E-state index contributed by atoms with van der Waals surface area (Å²) >= 11 is 0. The maximum Gasteiger partial charge on any atom is 0.231 e. The average Bonchev–Trinajstić information content (AvgIpc) is 3.31. The van der Waals surface area contributed by atoms with Crippen LogP contribution in [0.5, 0.6) is 0 Å². The second-order valence-electron chi connectivity index (χ2n) is 7.28. The Labute approximate surface area is 158 Å². The first-order valence-corrected chi connectivity index (χ1v) is 9.37. The maximum absolute atomic E-state index is 11.6. The molecule has 0 N–H and O–H groups in total.